The molecular weight excluding hydrogens is 360 g/mol. The number of benzene rings is 1. The molecule has 0 spiro atoms. The van der Waals surface area contributed by atoms with Crippen LogP contribution in [0, 0.1) is 0 Å². The van der Waals surface area contributed by atoms with Gasteiger partial charge < -0.3 is 14.4 Å². The summed E-state index contributed by atoms with van der Waals surface area (Å²) in [5.41, 5.74) is 0.565. The van der Waals surface area contributed by atoms with Gasteiger partial charge in [0.15, 0.2) is 5.44 Å². The van der Waals surface area contributed by atoms with Crippen molar-refractivity contribution in [3.8, 4) is 0 Å². The largest absolute Gasteiger partial charge is 0.379 e. The Balaban J connectivity index is 2.92. The molecule has 1 rings (SSSR count). The van der Waals surface area contributed by atoms with E-state index >= 15 is 0 Å². The van der Waals surface area contributed by atoms with Gasteiger partial charge in [0, 0.05) is 6.08 Å². The van der Waals surface area contributed by atoms with Crippen molar-refractivity contribution >= 4 is 42.8 Å². The molecule has 1 aromatic carbocycles. The van der Waals surface area contributed by atoms with Gasteiger partial charge in [-0.1, -0.05) is 53.5 Å². The molecular formula is C15H18Cl2NO4P. The Morgan fingerprint density at radius 2 is 1.74 bits per heavy atom. The van der Waals surface area contributed by atoms with Gasteiger partial charge in [-0.05, 0) is 25.5 Å². The van der Waals surface area contributed by atoms with Crippen molar-refractivity contribution in [2.24, 2.45) is 0 Å². The molecule has 0 fully saturated rings. The van der Waals surface area contributed by atoms with Crippen LogP contribution < -0.4 is 5.32 Å². The number of amides is 1. The van der Waals surface area contributed by atoms with Gasteiger partial charge in [-0.3, -0.25) is 9.36 Å². The third-order valence-corrected chi connectivity index (χ3v) is 5.24. The molecule has 0 unspecified atom stereocenters. The van der Waals surface area contributed by atoms with E-state index in [0.717, 1.165) is 5.56 Å². The summed E-state index contributed by atoms with van der Waals surface area (Å²) >= 11 is 11.5. The maximum Gasteiger partial charge on any atom is 0.379 e. The van der Waals surface area contributed by atoms with Crippen molar-refractivity contribution < 1.29 is 18.4 Å². The molecule has 1 amide bonds. The van der Waals surface area contributed by atoms with Crippen LogP contribution >= 0.6 is 30.8 Å². The summed E-state index contributed by atoms with van der Waals surface area (Å²) < 4.78 is 22.5. The third-order valence-electron chi connectivity index (χ3n) is 2.52. The van der Waals surface area contributed by atoms with Crippen molar-refractivity contribution in [2.75, 3.05) is 13.2 Å². The zero-order valence-corrected chi connectivity index (χ0v) is 15.2. The molecule has 0 aliphatic rings. The summed E-state index contributed by atoms with van der Waals surface area (Å²) in [6, 6.07) is 9.22. The molecule has 1 aromatic rings. The summed E-state index contributed by atoms with van der Waals surface area (Å²) in [6.07, 6.45) is 2.87. The Hall–Kier alpha value is -1.10. The molecule has 0 atom stereocenters. The normalized spacial score (nSPS) is 11.5. The first-order valence-corrected chi connectivity index (χ1v) is 9.21. The lowest BCUT2D eigenvalue weighted by Gasteiger charge is -2.20. The van der Waals surface area contributed by atoms with Crippen LogP contribution in [-0.2, 0) is 18.4 Å². The van der Waals surface area contributed by atoms with Gasteiger partial charge in [0.2, 0.25) is 5.91 Å². The molecule has 0 heterocycles. The van der Waals surface area contributed by atoms with Gasteiger partial charge in [0.05, 0.1) is 13.2 Å². The zero-order valence-electron chi connectivity index (χ0n) is 12.8. The highest BCUT2D eigenvalue weighted by Crippen LogP contribution is 2.56. The van der Waals surface area contributed by atoms with Gasteiger partial charge in [-0.15, -0.1) is 0 Å². The first-order valence-electron chi connectivity index (χ1n) is 6.92. The Kier molecular flexibility index (Phi) is 8.59. The quantitative estimate of drug-likeness (QED) is 0.527. The number of carbonyl (C=O) groups excluding carboxylic acids is 1. The number of nitrogens with one attached hydrogen (secondary N) is 1. The molecule has 0 bridgehead atoms. The van der Waals surface area contributed by atoms with Crippen molar-refractivity contribution in [1.82, 2.24) is 5.32 Å². The van der Waals surface area contributed by atoms with Crippen LogP contribution in [-0.4, -0.2) is 19.1 Å². The van der Waals surface area contributed by atoms with Crippen LogP contribution in [0.25, 0.3) is 6.08 Å². The summed E-state index contributed by atoms with van der Waals surface area (Å²) in [5.74, 6) is -0.553. The predicted molar refractivity (Wildman–Crippen MR) is 93.2 cm³/mol. The first kappa shape index (κ1) is 19.9. The van der Waals surface area contributed by atoms with Crippen molar-refractivity contribution in [3.05, 3.63) is 51.9 Å². The lowest BCUT2D eigenvalue weighted by molar-refractivity contribution is -0.115. The second kappa shape index (κ2) is 9.91. The van der Waals surface area contributed by atoms with Gasteiger partial charge in [-0.25, -0.2) is 0 Å². The highest BCUT2D eigenvalue weighted by Gasteiger charge is 2.33. The second-order valence-corrected chi connectivity index (χ2v) is 7.08. The van der Waals surface area contributed by atoms with E-state index in [9.17, 15) is 9.36 Å². The minimum Gasteiger partial charge on any atom is -0.314 e. The van der Waals surface area contributed by atoms with Crippen molar-refractivity contribution in [2.45, 2.75) is 13.8 Å². The van der Waals surface area contributed by atoms with E-state index in [0.29, 0.717) is 0 Å². The van der Waals surface area contributed by atoms with Crippen molar-refractivity contribution in [3.63, 3.8) is 0 Å². The zero-order chi connectivity index (χ0) is 17.3. The minimum absolute atomic E-state index is 0.109. The number of halogens is 2. The topological polar surface area (TPSA) is 64.6 Å². The van der Waals surface area contributed by atoms with E-state index in [4.69, 9.17) is 32.2 Å². The predicted octanol–water partition coefficient (Wildman–Crippen LogP) is 4.69. The third kappa shape index (κ3) is 6.50. The molecule has 8 heteroatoms. The number of rotatable bonds is 8. The van der Waals surface area contributed by atoms with Crippen molar-refractivity contribution in [1.29, 1.82) is 0 Å². The van der Waals surface area contributed by atoms with Gasteiger partial charge in [0.1, 0.15) is 4.49 Å². The Labute approximate surface area is 145 Å². The number of hydrogen-bond donors (Lipinski definition) is 1. The summed E-state index contributed by atoms with van der Waals surface area (Å²) in [6.45, 7) is 3.50. The van der Waals surface area contributed by atoms with Gasteiger partial charge in [0.25, 0.3) is 0 Å². The fourth-order valence-electron chi connectivity index (χ4n) is 1.62. The van der Waals surface area contributed by atoms with Crippen LogP contribution in [0.4, 0.5) is 0 Å². The van der Waals surface area contributed by atoms with E-state index in [2.05, 4.69) is 5.32 Å². The molecule has 0 aliphatic heterocycles. The fraction of sp³-hybridized carbons (Fsp3) is 0.267. The van der Waals surface area contributed by atoms with Crippen LogP contribution in [0.5, 0.6) is 0 Å². The van der Waals surface area contributed by atoms with Gasteiger partial charge in [-0.2, -0.15) is 0 Å². The highest BCUT2D eigenvalue weighted by atomic mass is 35.5. The average Bonchev–Trinajstić information content (AvgIpc) is 2.51. The van der Waals surface area contributed by atoms with E-state index in [1.807, 2.05) is 30.3 Å². The molecule has 0 aromatic heterocycles. The number of hydrogen-bond acceptors (Lipinski definition) is 4. The minimum atomic E-state index is -3.79. The molecule has 0 saturated carbocycles. The van der Waals surface area contributed by atoms with Crippen LogP contribution in [0.3, 0.4) is 0 Å². The van der Waals surface area contributed by atoms with Crippen LogP contribution in [0.15, 0.2) is 46.3 Å². The Morgan fingerprint density at radius 1 is 1.17 bits per heavy atom. The second-order valence-electron chi connectivity index (χ2n) is 4.18. The molecule has 5 nitrogen and oxygen atoms in total. The molecule has 126 valence electrons. The molecule has 0 aliphatic carbocycles. The lowest BCUT2D eigenvalue weighted by atomic mass is 10.2. The standard InChI is InChI=1S/C15H18Cl2NO4P/c1-3-21-23(20,22-4-2)15(14(16)17)18-13(19)11-10-12-8-6-5-7-9-12/h5-11H,3-4H2,1-2H3,(H,18,19). The fourth-order valence-corrected chi connectivity index (χ4v) is 3.80. The summed E-state index contributed by atoms with van der Waals surface area (Å²) in [4.78, 5) is 12.0. The Morgan fingerprint density at radius 3 is 2.22 bits per heavy atom. The smallest absolute Gasteiger partial charge is 0.314 e. The highest BCUT2D eigenvalue weighted by molar-refractivity contribution is 7.58. The SMILES string of the molecule is CCOP(=O)(OCC)C(NC(=O)C=Cc1ccccc1)=C(Cl)Cl. The monoisotopic (exact) mass is 377 g/mol. The molecule has 23 heavy (non-hydrogen) atoms. The van der Waals surface area contributed by atoms with E-state index in [1.165, 1.54) is 6.08 Å². The summed E-state index contributed by atoms with van der Waals surface area (Å²) in [5, 5.41) is 2.37. The van der Waals surface area contributed by atoms with Crippen LogP contribution in [0.1, 0.15) is 19.4 Å². The number of carbonyl (C=O) groups is 1. The van der Waals surface area contributed by atoms with Crippen LogP contribution in [0.2, 0.25) is 0 Å². The molecule has 1 N–H and O–H groups in total. The maximum atomic E-state index is 12.7. The lowest BCUT2D eigenvalue weighted by Crippen LogP contribution is -2.22. The molecule has 0 radical (unpaired) electrons. The Bertz CT molecular complexity index is 618. The van der Waals surface area contributed by atoms with Gasteiger partial charge >= 0.3 is 7.60 Å². The van der Waals surface area contributed by atoms with E-state index in [-0.39, 0.29) is 23.1 Å². The molecule has 0 saturated heterocycles. The average molecular weight is 378 g/mol. The first-order chi connectivity index (χ1) is 10.9. The van der Waals surface area contributed by atoms with E-state index in [1.54, 1.807) is 19.9 Å². The maximum absolute atomic E-state index is 12.7. The van der Waals surface area contributed by atoms with E-state index < -0.39 is 13.5 Å². The summed E-state index contributed by atoms with van der Waals surface area (Å²) in [7, 11) is -3.79.